The Morgan fingerprint density at radius 3 is 3.16 bits per heavy atom. The number of carbonyl (C=O) groups is 1. The van der Waals surface area contributed by atoms with E-state index in [1.54, 1.807) is 19.1 Å². The second-order valence-corrected chi connectivity index (χ2v) is 4.45. The van der Waals surface area contributed by atoms with E-state index in [1.165, 1.54) is 0 Å². The highest BCUT2D eigenvalue weighted by Crippen LogP contribution is 2.24. The summed E-state index contributed by atoms with van der Waals surface area (Å²) in [5.41, 5.74) is 0.366. The molecule has 5 heteroatoms. The van der Waals surface area contributed by atoms with E-state index in [0.717, 1.165) is 25.8 Å². The first-order valence-electron chi connectivity index (χ1n) is 6.56. The Labute approximate surface area is 112 Å². The Balaban J connectivity index is 2.23. The lowest BCUT2D eigenvalue weighted by atomic mass is 10.0. The highest BCUT2D eigenvalue weighted by Gasteiger charge is 2.30. The Bertz CT molecular complexity index is 496. The number of esters is 1. The van der Waals surface area contributed by atoms with Crippen LogP contribution in [0.15, 0.2) is 18.2 Å². The standard InChI is InChI=1S/C14H17N3O2/c1-2-19-14(18)12-7-3-4-9-17(12)13-8-5-6-11(10-15)16-13/h5-6,8,12H,2-4,7,9H2,1H3. The molecule has 1 fully saturated rings. The zero-order chi connectivity index (χ0) is 13.7. The van der Waals surface area contributed by atoms with Crippen LogP contribution in [0.2, 0.25) is 0 Å². The molecule has 0 aromatic carbocycles. The molecule has 19 heavy (non-hydrogen) atoms. The summed E-state index contributed by atoms with van der Waals surface area (Å²) in [7, 11) is 0. The van der Waals surface area contributed by atoms with Crippen molar-refractivity contribution in [3.63, 3.8) is 0 Å². The van der Waals surface area contributed by atoms with E-state index in [4.69, 9.17) is 10.00 Å². The smallest absolute Gasteiger partial charge is 0.328 e. The van der Waals surface area contributed by atoms with E-state index in [9.17, 15) is 4.79 Å². The molecule has 0 spiro atoms. The molecule has 2 heterocycles. The second-order valence-electron chi connectivity index (χ2n) is 4.45. The van der Waals surface area contributed by atoms with Gasteiger partial charge in [-0.15, -0.1) is 0 Å². The number of aromatic nitrogens is 1. The molecule has 100 valence electrons. The number of rotatable bonds is 3. The van der Waals surface area contributed by atoms with Gasteiger partial charge in [-0.05, 0) is 38.3 Å². The quantitative estimate of drug-likeness (QED) is 0.775. The molecular weight excluding hydrogens is 242 g/mol. The number of pyridine rings is 1. The van der Waals surface area contributed by atoms with Crippen molar-refractivity contribution in [2.45, 2.75) is 32.2 Å². The van der Waals surface area contributed by atoms with E-state index >= 15 is 0 Å². The summed E-state index contributed by atoms with van der Waals surface area (Å²) >= 11 is 0. The summed E-state index contributed by atoms with van der Waals surface area (Å²) < 4.78 is 5.12. The molecular formula is C14H17N3O2. The monoisotopic (exact) mass is 259 g/mol. The Hall–Kier alpha value is -2.09. The Kier molecular flexibility index (Phi) is 4.35. The van der Waals surface area contributed by atoms with Crippen LogP contribution in [0.25, 0.3) is 0 Å². The van der Waals surface area contributed by atoms with Crippen molar-refractivity contribution >= 4 is 11.8 Å². The third kappa shape index (κ3) is 3.02. The maximum atomic E-state index is 12.0. The molecule has 1 aliphatic heterocycles. The van der Waals surface area contributed by atoms with Crippen LogP contribution in [0.4, 0.5) is 5.82 Å². The molecule has 0 bridgehead atoms. The number of nitrogens with zero attached hydrogens (tertiary/aromatic N) is 3. The average Bonchev–Trinajstić information content (AvgIpc) is 2.47. The SMILES string of the molecule is CCOC(=O)C1CCCCN1c1cccc(C#N)n1. The maximum Gasteiger partial charge on any atom is 0.328 e. The van der Waals surface area contributed by atoms with Crippen LogP contribution >= 0.6 is 0 Å². The van der Waals surface area contributed by atoms with E-state index in [-0.39, 0.29) is 12.0 Å². The van der Waals surface area contributed by atoms with Crippen LogP contribution in [-0.4, -0.2) is 30.1 Å². The number of carbonyl (C=O) groups excluding carboxylic acids is 1. The molecule has 0 amide bonds. The minimum Gasteiger partial charge on any atom is -0.464 e. The van der Waals surface area contributed by atoms with Crippen LogP contribution in [-0.2, 0) is 9.53 Å². The van der Waals surface area contributed by atoms with Crippen molar-refractivity contribution in [2.24, 2.45) is 0 Å². The third-order valence-electron chi connectivity index (χ3n) is 3.20. The number of hydrogen-bond acceptors (Lipinski definition) is 5. The predicted molar refractivity (Wildman–Crippen MR) is 70.6 cm³/mol. The maximum absolute atomic E-state index is 12.0. The first-order chi connectivity index (χ1) is 9.26. The third-order valence-corrected chi connectivity index (χ3v) is 3.20. The van der Waals surface area contributed by atoms with Crippen molar-refractivity contribution in [1.82, 2.24) is 4.98 Å². The molecule has 0 N–H and O–H groups in total. The summed E-state index contributed by atoms with van der Waals surface area (Å²) in [5, 5.41) is 8.90. The predicted octanol–water partition coefficient (Wildman–Crippen LogP) is 1.88. The van der Waals surface area contributed by atoms with Crippen LogP contribution in [0.1, 0.15) is 31.9 Å². The van der Waals surface area contributed by atoms with Gasteiger partial charge in [-0.25, -0.2) is 9.78 Å². The summed E-state index contributed by atoms with van der Waals surface area (Å²) in [6.45, 7) is 2.96. The molecule has 5 nitrogen and oxygen atoms in total. The van der Waals surface area contributed by atoms with Crippen molar-refractivity contribution < 1.29 is 9.53 Å². The van der Waals surface area contributed by atoms with Gasteiger partial charge in [0.15, 0.2) is 0 Å². The van der Waals surface area contributed by atoms with Crippen molar-refractivity contribution in [3.8, 4) is 6.07 Å². The lowest BCUT2D eigenvalue weighted by molar-refractivity contribution is -0.145. The van der Waals surface area contributed by atoms with Crippen LogP contribution in [0.5, 0.6) is 0 Å². The first kappa shape index (κ1) is 13.3. The van der Waals surface area contributed by atoms with Crippen LogP contribution in [0, 0.1) is 11.3 Å². The van der Waals surface area contributed by atoms with Crippen molar-refractivity contribution in [2.75, 3.05) is 18.1 Å². The average molecular weight is 259 g/mol. The molecule has 1 aromatic rings. The van der Waals surface area contributed by atoms with Gasteiger partial charge < -0.3 is 9.64 Å². The molecule has 1 aromatic heterocycles. The lowest BCUT2D eigenvalue weighted by Crippen LogP contribution is -2.46. The minimum atomic E-state index is -0.282. The minimum absolute atomic E-state index is 0.202. The van der Waals surface area contributed by atoms with Crippen LogP contribution < -0.4 is 4.90 Å². The van der Waals surface area contributed by atoms with Gasteiger partial charge in [0.2, 0.25) is 0 Å². The normalized spacial score (nSPS) is 18.7. The van der Waals surface area contributed by atoms with Gasteiger partial charge in [-0.3, -0.25) is 0 Å². The Morgan fingerprint density at radius 2 is 2.42 bits per heavy atom. The van der Waals surface area contributed by atoms with Crippen molar-refractivity contribution in [1.29, 1.82) is 5.26 Å². The van der Waals surface area contributed by atoms with E-state index < -0.39 is 0 Å². The largest absolute Gasteiger partial charge is 0.464 e. The number of nitriles is 1. The molecule has 1 unspecified atom stereocenters. The fourth-order valence-corrected chi connectivity index (χ4v) is 2.33. The van der Waals surface area contributed by atoms with Gasteiger partial charge in [-0.2, -0.15) is 5.26 Å². The number of anilines is 1. The number of ether oxygens (including phenoxy) is 1. The topological polar surface area (TPSA) is 66.2 Å². The van der Waals surface area contributed by atoms with Gasteiger partial charge in [-0.1, -0.05) is 6.07 Å². The molecule has 1 atom stereocenters. The first-order valence-corrected chi connectivity index (χ1v) is 6.56. The van der Waals surface area contributed by atoms with Gasteiger partial charge in [0.25, 0.3) is 0 Å². The summed E-state index contributed by atoms with van der Waals surface area (Å²) in [4.78, 5) is 18.2. The molecule has 2 rings (SSSR count). The molecule has 1 saturated heterocycles. The fraction of sp³-hybridized carbons (Fsp3) is 0.500. The van der Waals surface area contributed by atoms with Crippen LogP contribution in [0.3, 0.4) is 0 Å². The highest BCUT2D eigenvalue weighted by molar-refractivity contribution is 5.80. The molecule has 0 aliphatic carbocycles. The zero-order valence-corrected chi connectivity index (χ0v) is 11.0. The van der Waals surface area contributed by atoms with Gasteiger partial charge in [0, 0.05) is 6.54 Å². The van der Waals surface area contributed by atoms with Gasteiger partial charge >= 0.3 is 5.97 Å². The molecule has 0 radical (unpaired) electrons. The second kappa shape index (κ2) is 6.19. The number of hydrogen-bond donors (Lipinski definition) is 0. The Morgan fingerprint density at radius 1 is 1.58 bits per heavy atom. The zero-order valence-electron chi connectivity index (χ0n) is 11.0. The summed E-state index contributed by atoms with van der Waals surface area (Å²) in [5.74, 6) is 0.475. The molecule has 1 aliphatic rings. The van der Waals surface area contributed by atoms with E-state index in [1.807, 2.05) is 17.0 Å². The van der Waals surface area contributed by atoms with Gasteiger partial charge in [0.05, 0.1) is 6.61 Å². The highest BCUT2D eigenvalue weighted by atomic mass is 16.5. The van der Waals surface area contributed by atoms with E-state index in [0.29, 0.717) is 18.1 Å². The number of piperidine rings is 1. The lowest BCUT2D eigenvalue weighted by Gasteiger charge is -2.34. The van der Waals surface area contributed by atoms with Gasteiger partial charge in [0.1, 0.15) is 23.6 Å². The molecule has 0 saturated carbocycles. The summed E-state index contributed by atoms with van der Waals surface area (Å²) in [6.07, 6.45) is 2.81. The summed E-state index contributed by atoms with van der Waals surface area (Å²) in [6, 6.07) is 7.02. The fourth-order valence-electron chi connectivity index (χ4n) is 2.33. The van der Waals surface area contributed by atoms with Crippen molar-refractivity contribution in [3.05, 3.63) is 23.9 Å². The van der Waals surface area contributed by atoms with E-state index in [2.05, 4.69) is 4.98 Å².